The van der Waals surface area contributed by atoms with Crippen molar-refractivity contribution in [2.24, 2.45) is 45.1 Å². The Kier molecular flexibility index (Phi) is 4.74. The fourth-order valence-corrected chi connectivity index (χ4v) is 8.96. The number of esters is 1. The summed E-state index contributed by atoms with van der Waals surface area (Å²) in [7, 11) is 0. The Labute approximate surface area is 186 Å². The van der Waals surface area contributed by atoms with Crippen LogP contribution >= 0.6 is 0 Å². The van der Waals surface area contributed by atoms with Crippen LogP contribution in [0, 0.1) is 39.9 Å². The van der Waals surface area contributed by atoms with Crippen molar-refractivity contribution in [2.45, 2.75) is 92.1 Å². The van der Waals surface area contributed by atoms with Crippen LogP contribution in [-0.2, 0) is 19.2 Å². The number of hydrogen-bond donors (Lipinski definition) is 0. The van der Waals surface area contributed by atoms with Gasteiger partial charge in [-0.3, -0.25) is 4.79 Å². The van der Waals surface area contributed by atoms with Crippen LogP contribution in [0.25, 0.3) is 0 Å². The molecule has 5 aliphatic carbocycles. The third kappa shape index (κ3) is 2.90. The van der Waals surface area contributed by atoms with Crippen molar-refractivity contribution < 1.29 is 19.2 Å². The first-order valence-electron chi connectivity index (χ1n) is 12.2. The molecule has 8 atom stereocenters. The van der Waals surface area contributed by atoms with Gasteiger partial charge >= 0.3 is 11.9 Å². The van der Waals surface area contributed by atoms with Gasteiger partial charge in [0.25, 0.3) is 0 Å². The molecule has 0 aromatic carbocycles. The Hall–Kier alpha value is -1.65. The van der Waals surface area contributed by atoms with E-state index < -0.39 is 0 Å². The minimum absolute atomic E-state index is 0.0600. The molecule has 5 rings (SSSR count). The summed E-state index contributed by atoms with van der Waals surface area (Å²) in [5.74, 6) is 2.37. The molecule has 0 aromatic rings. The third-order valence-electron chi connectivity index (χ3n) is 10.4. The molecule has 5 aliphatic rings. The summed E-state index contributed by atoms with van der Waals surface area (Å²) in [5, 5.41) is 4.28. The van der Waals surface area contributed by atoms with Gasteiger partial charge in [0.05, 0.1) is 5.71 Å². The molecule has 5 heteroatoms. The lowest BCUT2D eigenvalue weighted by molar-refractivity contribution is -0.148. The summed E-state index contributed by atoms with van der Waals surface area (Å²) >= 11 is 0. The van der Waals surface area contributed by atoms with Crippen molar-refractivity contribution in [3.63, 3.8) is 0 Å². The van der Waals surface area contributed by atoms with Gasteiger partial charge < -0.3 is 9.57 Å². The smallest absolute Gasteiger partial charge is 0.331 e. The van der Waals surface area contributed by atoms with Crippen LogP contribution in [0.15, 0.2) is 16.8 Å². The first-order chi connectivity index (χ1) is 14.6. The van der Waals surface area contributed by atoms with Gasteiger partial charge in [-0.15, -0.1) is 0 Å². The van der Waals surface area contributed by atoms with Crippen molar-refractivity contribution in [3.8, 4) is 0 Å². The van der Waals surface area contributed by atoms with Gasteiger partial charge in [-0.1, -0.05) is 30.7 Å². The number of nitrogens with zero attached hydrogens (tertiary/aromatic N) is 1. The molecule has 31 heavy (non-hydrogen) atoms. The second-order valence-electron chi connectivity index (χ2n) is 11.6. The molecule has 4 fully saturated rings. The number of hydrogen-bond acceptors (Lipinski definition) is 5. The van der Waals surface area contributed by atoms with E-state index in [1.807, 2.05) is 0 Å². The minimum Gasteiger partial charge on any atom is -0.462 e. The Morgan fingerprint density at radius 2 is 1.84 bits per heavy atom. The molecule has 0 amide bonds. The Morgan fingerprint density at radius 3 is 2.55 bits per heavy atom. The fraction of sp³-hybridized carbons (Fsp3) is 0.808. The number of rotatable bonds is 3. The maximum absolute atomic E-state index is 11.5. The van der Waals surface area contributed by atoms with Gasteiger partial charge in [0, 0.05) is 25.7 Å². The maximum Gasteiger partial charge on any atom is 0.331 e. The highest BCUT2D eigenvalue weighted by Gasteiger charge is 2.76. The average molecular weight is 428 g/mol. The first-order valence-corrected chi connectivity index (χ1v) is 12.2. The van der Waals surface area contributed by atoms with Crippen LogP contribution in [0.2, 0.25) is 0 Å². The Bertz CT molecular complexity index is 877. The lowest BCUT2D eigenvalue weighted by atomic mass is 9.46. The quantitative estimate of drug-likeness (QED) is 0.198. The lowest BCUT2D eigenvalue weighted by Crippen LogP contribution is -2.52. The molecule has 5 nitrogen and oxygen atoms in total. The third-order valence-corrected chi connectivity index (χ3v) is 10.4. The Morgan fingerprint density at radius 1 is 1.06 bits per heavy atom. The van der Waals surface area contributed by atoms with E-state index in [1.54, 1.807) is 5.57 Å². The zero-order valence-electron chi connectivity index (χ0n) is 19.7. The van der Waals surface area contributed by atoms with Crippen LogP contribution in [0.4, 0.5) is 0 Å². The van der Waals surface area contributed by atoms with Crippen LogP contribution < -0.4 is 0 Å². The number of ether oxygens (including phenoxy) is 1. The van der Waals surface area contributed by atoms with E-state index >= 15 is 0 Å². The molecular weight excluding hydrogens is 390 g/mol. The van der Waals surface area contributed by atoms with E-state index in [1.165, 1.54) is 39.5 Å². The first kappa shape index (κ1) is 21.2. The van der Waals surface area contributed by atoms with Crippen molar-refractivity contribution in [1.29, 1.82) is 0 Å². The summed E-state index contributed by atoms with van der Waals surface area (Å²) in [6.07, 6.45) is 11.8. The average Bonchev–Trinajstić information content (AvgIpc) is 3.38. The monoisotopic (exact) mass is 427 g/mol. The zero-order chi connectivity index (χ0) is 22.2. The number of fused-ring (bicyclic) bond motifs is 7. The highest BCUT2D eigenvalue weighted by Crippen LogP contribution is 2.80. The summed E-state index contributed by atoms with van der Waals surface area (Å²) in [5.41, 5.74) is 3.22. The molecule has 0 aliphatic heterocycles. The van der Waals surface area contributed by atoms with E-state index in [0.29, 0.717) is 11.8 Å². The fourth-order valence-electron chi connectivity index (χ4n) is 8.96. The summed E-state index contributed by atoms with van der Waals surface area (Å²) in [6.45, 7) is 10.0. The lowest BCUT2D eigenvalue weighted by Gasteiger charge is -2.59. The summed E-state index contributed by atoms with van der Waals surface area (Å²) < 4.78 is 5.58. The van der Waals surface area contributed by atoms with Crippen LogP contribution in [0.3, 0.4) is 0 Å². The van der Waals surface area contributed by atoms with E-state index in [2.05, 4.69) is 32.0 Å². The molecule has 0 aromatic heterocycles. The molecule has 0 saturated heterocycles. The largest absolute Gasteiger partial charge is 0.462 e. The predicted molar refractivity (Wildman–Crippen MR) is 118 cm³/mol. The van der Waals surface area contributed by atoms with Crippen LogP contribution in [0.1, 0.15) is 86.0 Å². The van der Waals surface area contributed by atoms with E-state index in [0.717, 1.165) is 43.2 Å². The molecule has 4 saturated carbocycles. The van der Waals surface area contributed by atoms with Gasteiger partial charge in [-0.05, 0) is 86.4 Å². The van der Waals surface area contributed by atoms with Crippen molar-refractivity contribution in [1.82, 2.24) is 0 Å². The minimum atomic E-state index is -0.335. The number of allylic oxidation sites excluding steroid dienone is 1. The van der Waals surface area contributed by atoms with Gasteiger partial charge in [0.1, 0.15) is 6.10 Å². The molecule has 0 N–H and O–H groups in total. The summed E-state index contributed by atoms with van der Waals surface area (Å²) in [6, 6.07) is 0. The van der Waals surface area contributed by atoms with Gasteiger partial charge in [0.2, 0.25) is 0 Å². The van der Waals surface area contributed by atoms with Gasteiger partial charge in [-0.25, -0.2) is 4.79 Å². The molecule has 0 heterocycles. The number of carbonyl (C=O) groups is 2. The van der Waals surface area contributed by atoms with Crippen molar-refractivity contribution >= 4 is 17.7 Å². The van der Waals surface area contributed by atoms with E-state index in [9.17, 15) is 9.59 Å². The molecule has 0 bridgehead atoms. The maximum atomic E-state index is 11.5. The standard InChI is InChI=1S/C26H37NO4/c1-15(27-31-17(3)29)26-14-19(26)13-23-21-7-6-18-12-20(30-16(2)28)8-10-24(18,4)22(21)9-11-25(23,26)5/h6,19-23H,7-14H2,1-5H3/b27-15-/t19-,20-,21+,22+,23+,24-,25-,26-/m0/s1. The predicted octanol–water partition coefficient (Wildman–Crippen LogP) is 5.44. The van der Waals surface area contributed by atoms with E-state index in [4.69, 9.17) is 9.57 Å². The molecule has 170 valence electrons. The number of carbonyl (C=O) groups excluding carboxylic acids is 2. The van der Waals surface area contributed by atoms with Crippen molar-refractivity contribution in [2.75, 3.05) is 0 Å². The molecular formula is C26H37NO4. The van der Waals surface area contributed by atoms with Crippen molar-refractivity contribution in [3.05, 3.63) is 11.6 Å². The Balaban J connectivity index is 1.40. The normalized spacial score (nSPS) is 47.8. The van der Waals surface area contributed by atoms with Crippen LogP contribution in [-0.4, -0.2) is 23.8 Å². The van der Waals surface area contributed by atoms with Crippen LogP contribution in [0.5, 0.6) is 0 Å². The molecule has 0 radical (unpaired) electrons. The topological polar surface area (TPSA) is 65.0 Å². The van der Waals surface area contributed by atoms with Gasteiger partial charge in [-0.2, -0.15) is 0 Å². The second-order valence-corrected chi connectivity index (χ2v) is 11.6. The zero-order valence-corrected chi connectivity index (χ0v) is 19.7. The highest BCUT2D eigenvalue weighted by molar-refractivity contribution is 5.92. The summed E-state index contributed by atoms with van der Waals surface area (Å²) in [4.78, 5) is 27.9. The van der Waals surface area contributed by atoms with E-state index in [-0.39, 0.29) is 34.3 Å². The number of oxime groups is 1. The van der Waals surface area contributed by atoms with Gasteiger partial charge in [0.15, 0.2) is 0 Å². The SMILES string of the molecule is CC(=O)O/N=C(/C)[C@@]12C[C@@H]1C[C@@H]1[C@@H]3CC=C4C[C@@H](OC(C)=O)CC[C@]4(C)[C@@H]3CC[C@@]12C. The molecule has 0 unspecified atom stereocenters. The highest BCUT2D eigenvalue weighted by atomic mass is 16.7. The second kappa shape index (κ2) is 6.92. The molecule has 0 spiro atoms.